The summed E-state index contributed by atoms with van der Waals surface area (Å²) in [5.74, 6) is 0.103. The van der Waals surface area contributed by atoms with Crippen molar-refractivity contribution in [1.29, 1.82) is 0 Å². The molecule has 2 aromatic rings. The van der Waals surface area contributed by atoms with E-state index in [0.29, 0.717) is 0 Å². The minimum Gasteiger partial charge on any atom is -0.381 e. The Hall–Kier alpha value is -2.29. The van der Waals surface area contributed by atoms with Crippen molar-refractivity contribution in [3.05, 3.63) is 65.2 Å². The third-order valence-corrected chi connectivity index (χ3v) is 4.11. The molecule has 0 bridgehead atoms. The lowest BCUT2D eigenvalue weighted by molar-refractivity contribution is 0.0773. The van der Waals surface area contributed by atoms with Crippen LogP contribution in [0.2, 0.25) is 0 Å². The highest BCUT2D eigenvalue weighted by Crippen LogP contribution is 2.17. The summed E-state index contributed by atoms with van der Waals surface area (Å²) in [6.07, 6.45) is 1.00. The van der Waals surface area contributed by atoms with Crippen molar-refractivity contribution < 1.29 is 4.79 Å². The van der Waals surface area contributed by atoms with Crippen LogP contribution in [0.5, 0.6) is 0 Å². The van der Waals surface area contributed by atoms with Crippen molar-refractivity contribution in [1.82, 2.24) is 4.90 Å². The minimum absolute atomic E-state index is 0.103. The van der Waals surface area contributed by atoms with Crippen LogP contribution in [0, 0.1) is 0 Å². The molecule has 2 rings (SSSR count). The SMILES string of the molecule is CCc1ccccc1NCc1cccc(C(=O)N(CC)CC)c1. The van der Waals surface area contributed by atoms with Gasteiger partial charge in [0, 0.05) is 30.9 Å². The Balaban J connectivity index is 2.10. The third-order valence-electron chi connectivity index (χ3n) is 4.11. The first-order valence-corrected chi connectivity index (χ1v) is 8.39. The van der Waals surface area contributed by atoms with Gasteiger partial charge in [-0.2, -0.15) is 0 Å². The predicted molar refractivity (Wildman–Crippen MR) is 96.8 cm³/mol. The highest BCUT2D eigenvalue weighted by atomic mass is 16.2. The number of amides is 1. The molecule has 0 unspecified atom stereocenters. The van der Waals surface area contributed by atoms with Crippen LogP contribution in [0.4, 0.5) is 5.69 Å². The zero-order valence-electron chi connectivity index (χ0n) is 14.3. The van der Waals surface area contributed by atoms with Gasteiger partial charge in [0.15, 0.2) is 0 Å². The quantitative estimate of drug-likeness (QED) is 0.825. The second kappa shape index (κ2) is 8.37. The lowest BCUT2D eigenvalue weighted by atomic mass is 10.1. The van der Waals surface area contributed by atoms with Crippen LogP contribution < -0.4 is 5.32 Å². The van der Waals surface area contributed by atoms with Gasteiger partial charge in [0.25, 0.3) is 5.91 Å². The third kappa shape index (κ3) is 4.35. The molecular formula is C20H26N2O. The van der Waals surface area contributed by atoms with Crippen LogP contribution >= 0.6 is 0 Å². The summed E-state index contributed by atoms with van der Waals surface area (Å²) in [6.45, 7) is 8.37. The molecule has 0 aliphatic rings. The number of nitrogens with zero attached hydrogens (tertiary/aromatic N) is 1. The Bertz CT molecular complexity index is 648. The first-order valence-electron chi connectivity index (χ1n) is 8.39. The number of para-hydroxylation sites is 1. The zero-order chi connectivity index (χ0) is 16.7. The van der Waals surface area contributed by atoms with E-state index >= 15 is 0 Å². The number of hydrogen-bond acceptors (Lipinski definition) is 2. The molecule has 0 heterocycles. The first-order chi connectivity index (χ1) is 11.2. The molecule has 23 heavy (non-hydrogen) atoms. The summed E-state index contributed by atoms with van der Waals surface area (Å²) < 4.78 is 0. The molecule has 0 aromatic heterocycles. The number of aryl methyl sites for hydroxylation is 1. The smallest absolute Gasteiger partial charge is 0.253 e. The van der Waals surface area contributed by atoms with Gasteiger partial charge in [-0.15, -0.1) is 0 Å². The largest absolute Gasteiger partial charge is 0.381 e. The lowest BCUT2D eigenvalue weighted by Gasteiger charge is -2.19. The summed E-state index contributed by atoms with van der Waals surface area (Å²) in [5, 5.41) is 3.48. The first kappa shape index (κ1) is 17.1. The van der Waals surface area contributed by atoms with Crippen LogP contribution in [0.3, 0.4) is 0 Å². The average molecular weight is 310 g/mol. The van der Waals surface area contributed by atoms with E-state index in [2.05, 4.69) is 36.5 Å². The molecule has 0 atom stereocenters. The van der Waals surface area contributed by atoms with Gasteiger partial charge >= 0.3 is 0 Å². The highest BCUT2D eigenvalue weighted by molar-refractivity contribution is 5.94. The van der Waals surface area contributed by atoms with Crippen molar-refractivity contribution in [3.63, 3.8) is 0 Å². The van der Waals surface area contributed by atoms with E-state index in [1.807, 2.05) is 43.0 Å². The fraction of sp³-hybridized carbons (Fsp3) is 0.350. The summed E-state index contributed by atoms with van der Waals surface area (Å²) in [4.78, 5) is 14.3. The number of anilines is 1. The van der Waals surface area contributed by atoms with Gasteiger partial charge in [-0.3, -0.25) is 4.79 Å². The topological polar surface area (TPSA) is 32.3 Å². The molecule has 0 saturated carbocycles. The number of benzene rings is 2. The average Bonchev–Trinajstić information content (AvgIpc) is 2.61. The van der Waals surface area contributed by atoms with Gasteiger partial charge in [-0.25, -0.2) is 0 Å². The second-order valence-electron chi connectivity index (χ2n) is 5.54. The van der Waals surface area contributed by atoms with Crippen LogP contribution in [0.25, 0.3) is 0 Å². The van der Waals surface area contributed by atoms with E-state index in [0.717, 1.165) is 42.9 Å². The summed E-state index contributed by atoms with van der Waals surface area (Å²) >= 11 is 0. The number of nitrogens with one attached hydrogen (secondary N) is 1. The Morgan fingerprint density at radius 1 is 1.00 bits per heavy atom. The molecule has 1 amide bonds. The fourth-order valence-electron chi connectivity index (χ4n) is 2.71. The summed E-state index contributed by atoms with van der Waals surface area (Å²) in [7, 11) is 0. The van der Waals surface area contributed by atoms with Crippen LogP contribution in [0.1, 0.15) is 42.3 Å². The van der Waals surface area contributed by atoms with Crippen molar-refractivity contribution in [3.8, 4) is 0 Å². The molecule has 0 aliphatic carbocycles. The van der Waals surface area contributed by atoms with E-state index in [1.54, 1.807) is 0 Å². The van der Waals surface area contributed by atoms with Crippen molar-refractivity contribution >= 4 is 11.6 Å². The van der Waals surface area contributed by atoms with E-state index < -0.39 is 0 Å². The molecule has 0 fully saturated rings. The Morgan fingerprint density at radius 3 is 2.43 bits per heavy atom. The molecular weight excluding hydrogens is 284 g/mol. The normalized spacial score (nSPS) is 10.4. The zero-order valence-corrected chi connectivity index (χ0v) is 14.3. The molecule has 3 heteroatoms. The van der Waals surface area contributed by atoms with Gasteiger partial charge in [0.05, 0.1) is 0 Å². The molecule has 0 spiro atoms. The molecule has 1 N–H and O–H groups in total. The lowest BCUT2D eigenvalue weighted by Crippen LogP contribution is -2.30. The van der Waals surface area contributed by atoms with E-state index in [4.69, 9.17) is 0 Å². The molecule has 3 nitrogen and oxygen atoms in total. The van der Waals surface area contributed by atoms with Gasteiger partial charge in [-0.1, -0.05) is 37.3 Å². The Morgan fingerprint density at radius 2 is 1.74 bits per heavy atom. The maximum Gasteiger partial charge on any atom is 0.253 e. The van der Waals surface area contributed by atoms with Crippen molar-refractivity contribution in [2.24, 2.45) is 0 Å². The van der Waals surface area contributed by atoms with Crippen molar-refractivity contribution in [2.45, 2.75) is 33.7 Å². The standard InChI is InChI=1S/C20H26N2O/c1-4-17-11-7-8-13-19(17)21-15-16-10-9-12-18(14-16)20(23)22(5-2)6-3/h7-14,21H,4-6,15H2,1-3H3. The Kier molecular flexibility index (Phi) is 6.21. The van der Waals surface area contributed by atoms with Crippen LogP contribution in [0.15, 0.2) is 48.5 Å². The van der Waals surface area contributed by atoms with E-state index in [1.165, 1.54) is 5.56 Å². The van der Waals surface area contributed by atoms with Crippen molar-refractivity contribution in [2.75, 3.05) is 18.4 Å². The number of rotatable bonds is 7. The Labute approximate surface area is 139 Å². The highest BCUT2D eigenvalue weighted by Gasteiger charge is 2.12. The molecule has 122 valence electrons. The minimum atomic E-state index is 0.103. The molecule has 0 radical (unpaired) electrons. The summed E-state index contributed by atoms with van der Waals surface area (Å²) in [5.41, 5.74) is 4.35. The molecule has 0 aliphatic heterocycles. The van der Waals surface area contributed by atoms with Crippen LogP contribution in [-0.2, 0) is 13.0 Å². The van der Waals surface area contributed by atoms with Gasteiger partial charge in [-0.05, 0) is 49.6 Å². The maximum atomic E-state index is 12.4. The van der Waals surface area contributed by atoms with Gasteiger partial charge < -0.3 is 10.2 Å². The predicted octanol–water partition coefficient (Wildman–Crippen LogP) is 4.34. The van der Waals surface area contributed by atoms with Gasteiger partial charge in [0.2, 0.25) is 0 Å². The summed E-state index contributed by atoms with van der Waals surface area (Å²) in [6, 6.07) is 16.2. The maximum absolute atomic E-state index is 12.4. The number of carbonyl (C=O) groups excluding carboxylic acids is 1. The second-order valence-corrected chi connectivity index (χ2v) is 5.54. The fourth-order valence-corrected chi connectivity index (χ4v) is 2.71. The van der Waals surface area contributed by atoms with E-state index in [9.17, 15) is 4.79 Å². The molecule has 0 saturated heterocycles. The van der Waals surface area contributed by atoms with Crippen LogP contribution in [-0.4, -0.2) is 23.9 Å². The monoisotopic (exact) mass is 310 g/mol. The number of hydrogen-bond donors (Lipinski definition) is 1. The number of carbonyl (C=O) groups is 1. The van der Waals surface area contributed by atoms with Gasteiger partial charge in [0.1, 0.15) is 0 Å². The molecule has 2 aromatic carbocycles. The van der Waals surface area contributed by atoms with E-state index in [-0.39, 0.29) is 5.91 Å².